The van der Waals surface area contributed by atoms with Crippen LogP contribution in [0.25, 0.3) is 0 Å². The Morgan fingerprint density at radius 3 is 2.93 bits per heavy atom. The first kappa shape index (κ1) is 18.5. The van der Waals surface area contributed by atoms with Crippen LogP contribution in [0.5, 0.6) is 0 Å². The Bertz CT molecular complexity index is 902. The molecule has 0 unspecified atom stereocenters. The van der Waals surface area contributed by atoms with E-state index < -0.39 is 0 Å². The maximum Gasteiger partial charge on any atom is 0.229 e. The number of nitrogen functional groups attached to an aromatic ring is 1. The fourth-order valence-electron chi connectivity index (χ4n) is 4.22. The number of anilines is 4. The first-order valence-corrected chi connectivity index (χ1v) is 10.1. The van der Waals surface area contributed by atoms with Crippen molar-refractivity contribution in [1.82, 2.24) is 15.3 Å². The lowest BCUT2D eigenvalue weighted by Crippen LogP contribution is -2.33. The van der Waals surface area contributed by atoms with Crippen molar-refractivity contribution >= 4 is 23.1 Å². The van der Waals surface area contributed by atoms with Gasteiger partial charge >= 0.3 is 0 Å². The van der Waals surface area contributed by atoms with Crippen LogP contribution >= 0.6 is 0 Å². The molecule has 4 N–H and O–H groups in total. The highest BCUT2D eigenvalue weighted by Crippen LogP contribution is 2.32. The van der Waals surface area contributed by atoms with E-state index in [0.29, 0.717) is 23.2 Å². The van der Waals surface area contributed by atoms with Gasteiger partial charge in [-0.2, -0.15) is 10.2 Å². The Labute approximate surface area is 166 Å². The number of benzene rings is 1. The summed E-state index contributed by atoms with van der Waals surface area (Å²) in [7, 11) is 0. The molecule has 2 heterocycles. The van der Waals surface area contributed by atoms with Crippen molar-refractivity contribution < 1.29 is 0 Å². The molecule has 0 radical (unpaired) electrons. The van der Waals surface area contributed by atoms with Crippen LogP contribution in [-0.4, -0.2) is 35.6 Å². The third-order valence-corrected chi connectivity index (χ3v) is 5.48. The molecule has 2 aliphatic rings. The zero-order chi connectivity index (χ0) is 19.5. The van der Waals surface area contributed by atoms with E-state index in [-0.39, 0.29) is 0 Å². The van der Waals surface area contributed by atoms with Crippen molar-refractivity contribution in [2.45, 2.75) is 45.1 Å². The van der Waals surface area contributed by atoms with E-state index in [4.69, 9.17) is 15.7 Å². The van der Waals surface area contributed by atoms with Crippen molar-refractivity contribution in [3.63, 3.8) is 0 Å². The lowest BCUT2D eigenvalue weighted by Gasteiger charge is -2.25. The number of fused-ring (bicyclic) bond motifs is 1. The van der Waals surface area contributed by atoms with Crippen molar-refractivity contribution in [1.29, 1.82) is 5.26 Å². The summed E-state index contributed by atoms with van der Waals surface area (Å²) >= 11 is 0. The maximum atomic E-state index is 9.19. The van der Waals surface area contributed by atoms with Crippen LogP contribution in [-0.2, 0) is 12.8 Å². The average Bonchev–Trinajstić information content (AvgIpc) is 3.15. The first-order chi connectivity index (χ1) is 13.7. The Kier molecular flexibility index (Phi) is 5.31. The van der Waals surface area contributed by atoms with Crippen molar-refractivity contribution in [2.24, 2.45) is 0 Å². The summed E-state index contributed by atoms with van der Waals surface area (Å²) in [6, 6.07) is 7.90. The number of hydrogen-bond acceptors (Lipinski definition) is 7. The van der Waals surface area contributed by atoms with Crippen LogP contribution in [0.1, 0.15) is 43.0 Å². The average molecular weight is 377 g/mol. The molecule has 1 aliphatic carbocycles. The predicted molar refractivity (Wildman–Crippen MR) is 112 cm³/mol. The number of likely N-dealkylation sites (N-methyl/N-ethyl adjacent to an activating group) is 1. The van der Waals surface area contributed by atoms with Crippen LogP contribution in [0.4, 0.5) is 23.1 Å². The Morgan fingerprint density at radius 1 is 1.25 bits per heavy atom. The lowest BCUT2D eigenvalue weighted by atomic mass is 9.96. The SMILES string of the molecule is CCN[C@H]1CCN(c2nc(Nc3cc(N)cc(C#N)c3)nc3c2CCCC3)C1. The van der Waals surface area contributed by atoms with Gasteiger partial charge < -0.3 is 21.3 Å². The Hall–Kier alpha value is -2.85. The zero-order valence-corrected chi connectivity index (χ0v) is 16.3. The number of nitrogens with zero attached hydrogens (tertiary/aromatic N) is 4. The molecule has 0 saturated carbocycles. The summed E-state index contributed by atoms with van der Waals surface area (Å²) in [5.74, 6) is 1.65. The van der Waals surface area contributed by atoms with Gasteiger partial charge in [-0.3, -0.25) is 0 Å². The smallest absolute Gasteiger partial charge is 0.229 e. The second-order valence-electron chi connectivity index (χ2n) is 7.57. The minimum atomic E-state index is 0.516. The number of rotatable bonds is 5. The van der Waals surface area contributed by atoms with Gasteiger partial charge in [-0.25, -0.2) is 4.98 Å². The zero-order valence-electron chi connectivity index (χ0n) is 16.3. The second kappa shape index (κ2) is 8.03. The molecule has 7 nitrogen and oxygen atoms in total. The normalized spacial score (nSPS) is 18.6. The molecule has 4 rings (SSSR count). The highest BCUT2D eigenvalue weighted by atomic mass is 15.3. The largest absolute Gasteiger partial charge is 0.399 e. The molecule has 0 amide bonds. The minimum Gasteiger partial charge on any atom is -0.399 e. The van der Waals surface area contributed by atoms with Gasteiger partial charge in [0.1, 0.15) is 5.82 Å². The molecule has 146 valence electrons. The maximum absolute atomic E-state index is 9.19. The summed E-state index contributed by atoms with van der Waals surface area (Å²) in [5.41, 5.74) is 10.2. The molecular formula is C21H27N7. The molecule has 1 aliphatic heterocycles. The molecule has 28 heavy (non-hydrogen) atoms. The third kappa shape index (κ3) is 3.87. The van der Waals surface area contributed by atoms with Crippen LogP contribution in [0.2, 0.25) is 0 Å². The molecule has 7 heteroatoms. The van der Waals surface area contributed by atoms with Crippen molar-refractivity contribution in [2.75, 3.05) is 35.6 Å². The highest BCUT2D eigenvalue weighted by molar-refractivity contribution is 5.65. The number of nitriles is 1. The van der Waals surface area contributed by atoms with Crippen molar-refractivity contribution in [3.05, 3.63) is 35.0 Å². The molecule has 1 aromatic heterocycles. The number of hydrogen-bond donors (Lipinski definition) is 3. The predicted octanol–water partition coefficient (Wildman–Crippen LogP) is 2.74. The van der Waals surface area contributed by atoms with Crippen LogP contribution in [0.15, 0.2) is 18.2 Å². The molecule has 1 saturated heterocycles. The first-order valence-electron chi connectivity index (χ1n) is 10.1. The second-order valence-corrected chi connectivity index (χ2v) is 7.57. The van der Waals surface area contributed by atoms with Gasteiger partial charge in [0.2, 0.25) is 5.95 Å². The van der Waals surface area contributed by atoms with Gasteiger partial charge in [0, 0.05) is 36.1 Å². The van der Waals surface area contributed by atoms with Crippen molar-refractivity contribution in [3.8, 4) is 6.07 Å². The molecule has 0 spiro atoms. The minimum absolute atomic E-state index is 0.516. The fourth-order valence-corrected chi connectivity index (χ4v) is 4.22. The summed E-state index contributed by atoms with van der Waals surface area (Å²) in [4.78, 5) is 12.1. The van der Waals surface area contributed by atoms with E-state index in [9.17, 15) is 5.26 Å². The van der Waals surface area contributed by atoms with Gasteiger partial charge in [0.25, 0.3) is 0 Å². The van der Waals surface area contributed by atoms with E-state index in [0.717, 1.165) is 56.1 Å². The Balaban J connectivity index is 1.66. The van der Waals surface area contributed by atoms with E-state index in [2.05, 4.69) is 28.5 Å². The number of aryl methyl sites for hydroxylation is 1. The lowest BCUT2D eigenvalue weighted by molar-refractivity contribution is 0.571. The standard InChI is InChI=1S/C21H27N7/c1-2-24-16-7-8-28(13-16)20-18-5-3-4-6-19(18)26-21(27-20)25-17-10-14(12-22)9-15(23)11-17/h9-11,16,24H,2-8,13,23H2,1H3,(H,25,26,27)/t16-/m0/s1. The third-order valence-electron chi connectivity index (χ3n) is 5.48. The number of nitrogens with one attached hydrogen (secondary N) is 2. The summed E-state index contributed by atoms with van der Waals surface area (Å²) in [5, 5.41) is 16.0. The van der Waals surface area contributed by atoms with E-state index in [1.165, 1.54) is 18.4 Å². The van der Waals surface area contributed by atoms with E-state index in [1.54, 1.807) is 18.2 Å². The van der Waals surface area contributed by atoms with Gasteiger partial charge in [-0.15, -0.1) is 0 Å². The highest BCUT2D eigenvalue weighted by Gasteiger charge is 2.27. The molecular weight excluding hydrogens is 350 g/mol. The monoisotopic (exact) mass is 377 g/mol. The van der Waals surface area contributed by atoms with Crippen LogP contribution in [0, 0.1) is 11.3 Å². The van der Waals surface area contributed by atoms with Gasteiger partial charge in [0.15, 0.2) is 0 Å². The molecule has 1 fully saturated rings. The van der Waals surface area contributed by atoms with Gasteiger partial charge in [-0.1, -0.05) is 6.92 Å². The van der Waals surface area contributed by atoms with Gasteiger partial charge in [0.05, 0.1) is 17.3 Å². The number of nitrogens with two attached hydrogens (primary N) is 1. The summed E-state index contributed by atoms with van der Waals surface area (Å²) < 4.78 is 0. The number of aromatic nitrogens is 2. The van der Waals surface area contributed by atoms with Crippen LogP contribution < -0.4 is 21.3 Å². The molecule has 1 atom stereocenters. The summed E-state index contributed by atoms with van der Waals surface area (Å²) in [6.45, 7) is 5.13. The van der Waals surface area contributed by atoms with E-state index in [1.807, 2.05) is 0 Å². The van der Waals surface area contributed by atoms with E-state index >= 15 is 0 Å². The molecule has 2 aromatic rings. The van der Waals surface area contributed by atoms with Gasteiger partial charge in [-0.05, 0) is 56.8 Å². The fraction of sp³-hybridized carbons (Fsp3) is 0.476. The molecule has 0 bridgehead atoms. The molecule has 1 aromatic carbocycles. The quantitative estimate of drug-likeness (QED) is 0.688. The summed E-state index contributed by atoms with van der Waals surface area (Å²) in [6.07, 6.45) is 5.53. The topological polar surface area (TPSA) is 103 Å². The Morgan fingerprint density at radius 2 is 2.11 bits per heavy atom. The van der Waals surface area contributed by atoms with Crippen LogP contribution in [0.3, 0.4) is 0 Å².